The van der Waals surface area contributed by atoms with Gasteiger partial charge in [0.15, 0.2) is 6.10 Å². The Morgan fingerprint density at radius 1 is 0.625 bits per heavy atom. The SMILES string of the molecule is CCCCC/C=C\C/C=C\CCCCCCCCCC(=O)OC[C@H](COP(=O)(O)OCCN)OC(=O)CCC/C=C\CC1OC1C/C=C\C/C=C\CCCCC. The monoisotopic (exact) mass is 808 g/mol. The molecule has 0 saturated carbocycles. The number of esters is 2. The van der Waals surface area contributed by atoms with Crippen LogP contribution in [0, 0.1) is 0 Å². The van der Waals surface area contributed by atoms with E-state index >= 15 is 0 Å². The predicted octanol–water partition coefficient (Wildman–Crippen LogP) is 11.5. The molecule has 0 radical (unpaired) electrons. The van der Waals surface area contributed by atoms with Crippen LogP contribution >= 0.6 is 7.82 Å². The molecule has 0 bridgehead atoms. The summed E-state index contributed by atoms with van der Waals surface area (Å²) in [6.45, 7) is 3.58. The lowest BCUT2D eigenvalue weighted by molar-refractivity contribution is -0.161. The molecule has 0 aromatic carbocycles. The van der Waals surface area contributed by atoms with Crippen LogP contribution in [0.2, 0.25) is 0 Å². The summed E-state index contributed by atoms with van der Waals surface area (Å²) in [5.41, 5.74) is 5.35. The lowest BCUT2D eigenvalue weighted by Gasteiger charge is -2.19. The highest BCUT2D eigenvalue weighted by Gasteiger charge is 2.36. The van der Waals surface area contributed by atoms with Gasteiger partial charge in [-0.15, -0.1) is 0 Å². The number of carbonyl (C=O) groups excluding carboxylic acids is 2. The topological polar surface area (TPSA) is 147 Å². The number of rotatable bonds is 39. The van der Waals surface area contributed by atoms with Crippen LogP contribution in [0.4, 0.5) is 0 Å². The van der Waals surface area contributed by atoms with Crippen LogP contribution in [0.25, 0.3) is 0 Å². The molecule has 0 spiro atoms. The molecular weight excluding hydrogens is 729 g/mol. The largest absolute Gasteiger partial charge is 0.472 e. The van der Waals surface area contributed by atoms with Gasteiger partial charge in [0.2, 0.25) is 0 Å². The molecule has 56 heavy (non-hydrogen) atoms. The van der Waals surface area contributed by atoms with E-state index in [0.717, 1.165) is 57.8 Å². The number of phosphoric ester groups is 1. The average molecular weight is 808 g/mol. The number of hydrogen-bond donors (Lipinski definition) is 2. The molecule has 1 fully saturated rings. The van der Waals surface area contributed by atoms with Crippen molar-refractivity contribution in [1.82, 2.24) is 0 Å². The van der Waals surface area contributed by atoms with Gasteiger partial charge in [-0.2, -0.15) is 0 Å². The Labute approximate surface area is 340 Å². The second kappa shape index (κ2) is 37.0. The van der Waals surface area contributed by atoms with Crippen molar-refractivity contribution >= 4 is 19.8 Å². The summed E-state index contributed by atoms with van der Waals surface area (Å²) >= 11 is 0. The summed E-state index contributed by atoms with van der Waals surface area (Å²) < 4.78 is 38.5. The second-order valence-electron chi connectivity index (χ2n) is 14.6. The molecule has 11 heteroatoms. The van der Waals surface area contributed by atoms with E-state index in [4.69, 9.17) is 29.0 Å². The zero-order chi connectivity index (χ0) is 40.8. The van der Waals surface area contributed by atoms with E-state index in [1.165, 1.54) is 64.2 Å². The first kappa shape index (κ1) is 51.7. The summed E-state index contributed by atoms with van der Waals surface area (Å²) in [5.74, 6) is -0.915. The van der Waals surface area contributed by atoms with Crippen molar-refractivity contribution in [3.63, 3.8) is 0 Å². The lowest BCUT2D eigenvalue weighted by atomic mass is 10.1. The summed E-state index contributed by atoms with van der Waals surface area (Å²) in [6.07, 6.45) is 45.6. The Bertz CT molecular complexity index is 1170. The molecular formula is C45H78NO9P. The van der Waals surface area contributed by atoms with E-state index in [1.807, 2.05) is 6.08 Å². The molecule has 3 unspecified atom stereocenters. The smallest absolute Gasteiger partial charge is 0.462 e. The minimum atomic E-state index is -4.40. The van der Waals surface area contributed by atoms with Crippen LogP contribution in [0.1, 0.15) is 168 Å². The predicted molar refractivity (Wildman–Crippen MR) is 228 cm³/mol. The van der Waals surface area contributed by atoms with Gasteiger partial charge in [0.1, 0.15) is 6.61 Å². The molecule has 0 aliphatic carbocycles. The van der Waals surface area contributed by atoms with E-state index in [-0.39, 0.29) is 44.8 Å². The minimum Gasteiger partial charge on any atom is -0.462 e. The van der Waals surface area contributed by atoms with Gasteiger partial charge >= 0.3 is 19.8 Å². The third-order valence-electron chi connectivity index (χ3n) is 9.28. The van der Waals surface area contributed by atoms with E-state index in [0.29, 0.717) is 19.3 Å². The first-order valence-corrected chi connectivity index (χ1v) is 23.4. The first-order chi connectivity index (χ1) is 27.3. The first-order valence-electron chi connectivity index (χ1n) is 21.9. The van der Waals surface area contributed by atoms with Gasteiger partial charge in [-0.05, 0) is 83.5 Å². The van der Waals surface area contributed by atoms with Gasteiger partial charge in [0.25, 0.3) is 0 Å². The van der Waals surface area contributed by atoms with E-state index in [1.54, 1.807) is 0 Å². The van der Waals surface area contributed by atoms with Crippen molar-refractivity contribution in [2.45, 2.75) is 186 Å². The second-order valence-corrected chi connectivity index (χ2v) is 16.0. The van der Waals surface area contributed by atoms with Crippen LogP contribution in [-0.4, -0.2) is 61.5 Å². The Morgan fingerprint density at radius 2 is 1.11 bits per heavy atom. The zero-order valence-electron chi connectivity index (χ0n) is 35.0. The van der Waals surface area contributed by atoms with Crippen LogP contribution in [0.3, 0.4) is 0 Å². The average Bonchev–Trinajstić information content (AvgIpc) is 3.94. The fourth-order valence-corrected chi connectivity index (χ4v) is 6.64. The number of nitrogens with two attached hydrogens (primary N) is 1. The standard InChI is InChI=1S/C45H78NO9P/c1-3-5-7-9-11-13-14-15-16-17-18-19-20-22-24-26-31-35-44(47)51-39-41(40-53-56(49,50)52-38-37-46)54-45(48)36-32-28-27-30-34-43-42(55-43)33-29-25-23-21-12-10-8-6-4-2/h11-13,15-16,21,25,27,29-30,41-43H,3-10,14,17-20,22-24,26,28,31-40,46H2,1-2H3,(H,49,50)/b13-11-,16-15-,21-12-,29-25-,30-27-/t41-,42?,43?/m1/s1. The van der Waals surface area contributed by atoms with Gasteiger partial charge in [-0.25, -0.2) is 4.57 Å². The molecule has 4 atom stereocenters. The molecule has 10 nitrogen and oxygen atoms in total. The number of epoxide rings is 1. The maximum atomic E-state index is 12.6. The van der Waals surface area contributed by atoms with Crippen molar-refractivity contribution < 1.29 is 42.3 Å². The Kier molecular flexibility index (Phi) is 34.1. The third-order valence-corrected chi connectivity index (χ3v) is 10.3. The van der Waals surface area contributed by atoms with Crippen molar-refractivity contribution in [3.8, 4) is 0 Å². The maximum Gasteiger partial charge on any atom is 0.472 e. The molecule has 1 heterocycles. The molecule has 322 valence electrons. The maximum absolute atomic E-state index is 12.6. The summed E-state index contributed by atoms with van der Waals surface area (Å²) in [6, 6.07) is 0. The van der Waals surface area contributed by atoms with Crippen LogP contribution in [-0.2, 0) is 37.4 Å². The van der Waals surface area contributed by atoms with E-state index < -0.39 is 32.5 Å². The quantitative estimate of drug-likeness (QED) is 0.0202. The van der Waals surface area contributed by atoms with Gasteiger partial charge in [-0.1, -0.05) is 132 Å². The Morgan fingerprint density at radius 3 is 1.70 bits per heavy atom. The summed E-state index contributed by atoms with van der Waals surface area (Å²) in [4.78, 5) is 34.9. The number of hydrogen-bond acceptors (Lipinski definition) is 9. The van der Waals surface area contributed by atoms with Crippen LogP contribution in [0.15, 0.2) is 60.8 Å². The van der Waals surface area contributed by atoms with E-state index in [9.17, 15) is 19.0 Å². The zero-order valence-corrected chi connectivity index (χ0v) is 35.9. The van der Waals surface area contributed by atoms with Gasteiger partial charge in [0.05, 0.1) is 25.4 Å². The third kappa shape index (κ3) is 33.8. The Hall–Kier alpha value is -2.33. The number of ether oxygens (including phenoxy) is 3. The number of unbranched alkanes of at least 4 members (excludes halogenated alkanes) is 14. The lowest BCUT2D eigenvalue weighted by Crippen LogP contribution is -2.29. The number of phosphoric acid groups is 1. The fraction of sp³-hybridized carbons (Fsp3) is 0.733. The molecule has 1 aliphatic heterocycles. The highest BCUT2D eigenvalue weighted by atomic mass is 31.2. The highest BCUT2D eigenvalue weighted by Crippen LogP contribution is 2.43. The molecule has 3 N–H and O–H groups in total. The Balaban J connectivity index is 2.24. The van der Waals surface area contributed by atoms with E-state index in [2.05, 4.69) is 68.5 Å². The van der Waals surface area contributed by atoms with Gasteiger partial charge in [0, 0.05) is 19.4 Å². The van der Waals surface area contributed by atoms with Gasteiger partial charge in [-0.3, -0.25) is 18.6 Å². The number of allylic oxidation sites excluding steroid dienone is 8. The summed E-state index contributed by atoms with van der Waals surface area (Å²) in [7, 11) is -4.40. The van der Waals surface area contributed by atoms with Crippen molar-refractivity contribution in [2.75, 3.05) is 26.4 Å². The molecule has 1 saturated heterocycles. The highest BCUT2D eigenvalue weighted by molar-refractivity contribution is 7.47. The molecule has 1 rings (SSSR count). The van der Waals surface area contributed by atoms with Gasteiger partial charge < -0.3 is 24.8 Å². The number of carbonyl (C=O) groups is 2. The molecule has 0 aromatic heterocycles. The molecule has 0 aromatic rings. The minimum absolute atomic E-state index is 0.0382. The molecule has 0 amide bonds. The normalized spacial score (nSPS) is 17.5. The molecule has 1 aliphatic rings. The van der Waals surface area contributed by atoms with Crippen molar-refractivity contribution in [1.29, 1.82) is 0 Å². The summed E-state index contributed by atoms with van der Waals surface area (Å²) in [5, 5.41) is 0. The fourth-order valence-electron chi connectivity index (χ4n) is 5.87. The van der Waals surface area contributed by atoms with Crippen LogP contribution < -0.4 is 5.73 Å². The van der Waals surface area contributed by atoms with Crippen LogP contribution in [0.5, 0.6) is 0 Å². The van der Waals surface area contributed by atoms with Crippen molar-refractivity contribution in [2.24, 2.45) is 5.73 Å². The van der Waals surface area contributed by atoms with Crippen molar-refractivity contribution in [3.05, 3.63) is 60.8 Å².